The predicted octanol–water partition coefficient (Wildman–Crippen LogP) is 6.48. The van der Waals surface area contributed by atoms with E-state index >= 15 is 0 Å². The van der Waals surface area contributed by atoms with Crippen LogP contribution in [0, 0.1) is 3.57 Å². The van der Waals surface area contributed by atoms with Gasteiger partial charge in [-0.25, -0.2) is 10.2 Å². The molecule has 2 aromatic carbocycles. The molecular formula is C26H35IN2O4Si. The zero-order valence-corrected chi connectivity index (χ0v) is 24.4. The Bertz CT molecular complexity index is 1040. The number of ether oxygens (including phenoxy) is 1. The molecular weight excluding hydrogens is 559 g/mol. The third kappa shape index (κ3) is 7.74. The summed E-state index contributed by atoms with van der Waals surface area (Å²) in [5.74, 6) is -1.06. The second-order valence-electron chi connectivity index (χ2n) is 10.6. The highest BCUT2D eigenvalue weighted by molar-refractivity contribution is 14.1. The van der Waals surface area contributed by atoms with Crippen molar-refractivity contribution in [2.75, 3.05) is 0 Å². The van der Waals surface area contributed by atoms with Crippen molar-refractivity contribution >= 4 is 48.5 Å². The molecule has 0 saturated carbocycles. The van der Waals surface area contributed by atoms with Crippen LogP contribution in [0.15, 0.2) is 59.7 Å². The van der Waals surface area contributed by atoms with Gasteiger partial charge in [0, 0.05) is 9.13 Å². The molecule has 1 unspecified atom stereocenters. The van der Waals surface area contributed by atoms with Crippen molar-refractivity contribution in [1.82, 2.24) is 5.43 Å². The van der Waals surface area contributed by atoms with Gasteiger partial charge in [0.1, 0.15) is 11.7 Å². The van der Waals surface area contributed by atoms with Gasteiger partial charge in [-0.15, -0.1) is 0 Å². The molecule has 0 saturated heterocycles. The van der Waals surface area contributed by atoms with Gasteiger partial charge in [-0.3, -0.25) is 4.79 Å². The van der Waals surface area contributed by atoms with Crippen LogP contribution in [0.3, 0.4) is 0 Å². The van der Waals surface area contributed by atoms with Crippen LogP contribution < -0.4 is 5.43 Å². The fourth-order valence-electron chi connectivity index (χ4n) is 2.73. The van der Waals surface area contributed by atoms with Crippen LogP contribution >= 0.6 is 22.6 Å². The average molecular weight is 595 g/mol. The molecule has 0 aliphatic rings. The van der Waals surface area contributed by atoms with Crippen molar-refractivity contribution in [3.63, 3.8) is 0 Å². The molecule has 8 heteroatoms. The Morgan fingerprint density at radius 3 is 2.03 bits per heavy atom. The van der Waals surface area contributed by atoms with E-state index in [0.717, 1.165) is 9.13 Å². The molecule has 2 rings (SSSR count). The maximum atomic E-state index is 13.4. The maximum Gasteiger partial charge on any atom is 0.358 e. The smallest absolute Gasteiger partial charge is 0.358 e. The van der Waals surface area contributed by atoms with Crippen molar-refractivity contribution in [1.29, 1.82) is 0 Å². The van der Waals surface area contributed by atoms with E-state index in [1.807, 2.05) is 30.3 Å². The van der Waals surface area contributed by atoms with E-state index in [0.29, 0.717) is 5.56 Å². The van der Waals surface area contributed by atoms with Crippen LogP contribution in [0.4, 0.5) is 0 Å². The predicted molar refractivity (Wildman–Crippen MR) is 147 cm³/mol. The fraction of sp³-hybridized carbons (Fsp3) is 0.423. The van der Waals surface area contributed by atoms with Crippen molar-refractivity contribution < 1.29 is 18.8 Å². The molecule has 0 heterocycles. The molecule has 0 fully saturated rings. The van der Waals surface area contributed by atoms with Gasteiger partial charge in [0.15, 0.2) is 14.0 Å². The van der Waals surface area contributed by atoms with Crippen LogP contribution in [0.5, 0.6) is 0 Å². The number of hydrazone groups is 1. The lowest BCUT2D eigenvalue weighted by molar-refractivity contribution is -0.146. The Hall–Kier alpha value is -2.04. The second-order valence-corrected chi connectivity index (χ2v) is 16.5. The van der Waals surface area contributed by atoms with Gasteiger partial charge in [-0.2, -0.15) is 5.10 Å². The Labute approximate surface area is 217 Å². The molecule has 1 amide bonds. The Morgan fingerprint density at radius 1 is 0.941 bits per heavy atom. The van der Waals surface area contributed by atoms with Gasteiger partial charge in [0.25, 0.3) is 5.91 Å². The van der Waals surface area contributed by atoms with Crippen LogP contribution in [0.25, 0.3) is 0 Å². The normalized spacial score (nSPS) is 13.9. The van der Waals surface area contributed by atoms with Crippen molar-refractivity contribution in [3.8, 4) is 0 Å². The van der Waals surface area contributed by atoms with Crippen LogP contribution in [0.2, 0.25) is 18.1 Å². The quantitative estimate of drug-likeness (QED) is 0.131. The van der Waals surface area contributed by atoms with Crippen LogP contribution in [0.1, 0.15) is 63.6 Å². The molecule has 184 valence electrons. The monoisotopic (exact) mass is 594 g/mol. The van der Waals surface area contributed by atoms with Crippen LogP contribution in [-0.4, -0.2) is 31.5 Å². The standard InChI is InChI=1S/C26H35IN2O4Si/c1-25(2,3)32-24(31)21(28-29-23(30)18-14-10-9-11-15-18)22(19-16-12-13-17-20(19)27)33-34(7,8)26(4,5)6/h9-17,22H,1-8H3,(H,29,30)/b28-21-. The van der Waals surface area contributed by atoms with Gasteiger partial charge in [-0.1, -0.05) is 57.2 Å². The van der Waals surface area contributed by atoms with E-state index in [1.165, 1.54) is 0 Å². The summed E-state index contributed by atoms with van der Waals surface area (Å²) in [4.78, 5) is 26.1. The van der Waals surface area contributed by atoms with E-state index in [4.69, 9.17) is 9.16 Å². The van der Waals surface area contributed by atoms with Gasteiger partial charge in [-0.05, 0) is 85.3 Å². The van der Waals surface area contributed by atoms with Gasteiger partial charge in [0.05, 0.1) is 0 Å². The number of amides is 1. The van der Waals surface area contributed by atoms with E-state index in [9.17, 15) is 9.59 Å². The summed E-state index contributed by atoms with van der Waals surface area (Å²) in [5.41, 5.74) is 3.04. The van der Waals surface area contributed by atoms with Crippen LogP contribution in [-0.2, 0) is 14.0 Å². The molecule has 0 aromatic heterocycles. The number of nitrogens with zero attached hydrogens (tertiary/aromatic N) is 1. The molecule has 0 spiro atoms. The largest absolute Gasteiger partial charge is 0.455 e. The summed E-state index contributed by atoms with van der Waals surface area (Å²) in [7, 11) is -2.37. The topological polar surface area (TPSA) is 77.0 Å². The third-order valence-electron chi connectivity index (χ3n) is 5.58. The molecule has 6 nitrogen and oxygen atoms in total. The summed E-state index contributed by atoms with van der Waals surface area (Å²) in [6, 6.07) is 16.4. The minimum atomic E-state index is -2.37. The highest BCUT2D eigenvalue weighted by atomic mass is 127. The molecule has 0 bridgehead atoms. The lowest BCUT2D eigenvalue weighted by Crippen LogP contribution is -2.45. The number of rotatable bonds is 7. The Balaban J connectivity index is 2.60. The Morgan fingerprint density at radius 2 is 1.50 bits per heavy atom. The summed E-state index contributed by atoms with van der Waals surface area (Å²) >= 11 is 2.23. The van der Waals surface area contributed by atoms with Crippen molar-refractivity contribution in [2.45, 2.75) is 71.4 Å². The lowest BCUT2D eigenvalue weighted by Gasteiger charge is -2.39. The third-order valence-corrected chi connectivity index (χ3v) is 11.0. The summed E-state index contributed by atoms with van der Waals surface area (Å²) in [6.07, 6.45) is -0.806. The van der Waals surface area contributed by atoms with E-state index < -0.39 is 31.9 Å². The Kier molecular flexibility index (Phi) is 9.23. The number of hydrogen-bond acceptors (Lipinski definition) is 5. The molecule has 34 heavy (non-hydrogen) atoms. The van der Waals surface area contributed by atoms with Gasteiger partial charge in [0.2, 0.25) is 0 Å². The molecule has 1 atom stereocenters. The minimum Gasteiger partial charge on any atom is -0.455 e. The first-order valence-corrected chi connectivity index (χ1v) is 15.2. The average Bonchev–Trinajstić information content (AvgIpc) is 2.71. The highest BCUT2D eigenvalue weighted by Crippen LogP contribution is 2.41. The SMILES string of the molecule is CC(C)(C)OC(=O)/C(=N\NC(=O)c1ccccc1)C(O[Si](C)(C)C(C)(C)C)c1ccccc1I. The van der Waals surface area contributed by atoms with E-state index in [1.54, 1.807) is 45.0 Å². The molecule has 0 radical (unpaired) electrons. The number of carbonyl (C=O) groups excluding carboxylic acids is 2. The minimum absolute atomic E-state index is 0.00754. The first-order chi connectivity index (χ1) is 15.6. The second kappa shape index (κ2) is 11.1. The van der Waals surface area contributed by atoms with Gasteiger partial charge >= 0.3 is 5.97 Å². The van der Waals surface area contributed by atoms with Crippen molar-refractivity contribution in [3.05, 3.63) is 69.3 Å². The zero-order chi connectivity index (χ0) is 25.7. The maximum absolute atomic E-state index is 13.4. The first kappa shape index (κ1) is 28.2. The van der Waals surface area contributed by atoms with E-state index in [-0.39, 0.29) is 10.7 Å². The molecule has 0 aliphatic heterocycles. The van der Waals surface area contributed by atoms with E-state index in [2.05, 4.69) is 67.0 Å². The summed E-state index contributed by atoms with van der Waals surface area (Å²) < 4.78 is 13.4. The lowest BCUT2D eigenvalue weighted by atomic mass is 10.0. The number of hydrogen-bond donors (Lipinski definition) is 1. The number of halogens is 1. The summed E-state index contributed by atoms with van der Waals surface area (Å²) in [6.45, 7) is 16.0. The summed E-state index contributed by atoms with van der Waals surface area (Å²) in [5, 5.41) is 4.19. The molecule has 2 aromatic rings. The number of carbonyl (C=O) groups is 2. The number of benzene rings is 2. The first-order valence-electron chi connectivity index (χ1n) is 11.2. The number of nitrogens with one attached hydrogen (secondary N) is 1. The number of esters is 1. The zero-order valence-electron chi connectivity index (χ0n) is 21.2. The molecule has 0 aliphatic carbocycles. The fourth-order valence-corrected chi connectivity index (χ4v) is 4.58. The van der Waals surface area contributed by atoms with Gasteiger partial charge < -0.3 is 9.16 Å². The highest BCUT2D eigenvalue weighted by Gasteiger charge is 2.43. The van der Waals surface area contributed by atoms with Crippen molar-refractivity contribution in [2.24, 2.45) is 5.10 Å². The molecule has 1 N–H and O–H groups in total.